The SMILES string of the molecule is CCOc1cc(/C=C2\C(=O)NC(=O)N(c3cccc(C)c3)C2=O)cc(Br)c1OCc1ccccc1Cl. The molecule has 184 valence electrons. The normalized spacial score (nSPS) is 14.7. The molecular weight excluding hydrogens is 548 g/mol. The number of aryl methyl sites for hydroxylation is 1. The zero-order valence-electron chi connectivity index (χ0n) is 19.5. The van der Waals surface area contributed by atoms with Crippen LogP contribution < -0.4 is 19.7 Å². The van der Waals surface area contributed by atoms with Crippen molar-refractivity contribution in [3.8, 4) is 11.5 Å². The Morgan fingerprint density at radius 2 is 1.81 bits per heavy atom. The molecule has 3 aromatic rings. The monoisotopic (exact) mass is 568 g/mol. The lowest BCUT2D eigenvalue weighted by Gasteiger charge is -2.26. The van der Waals surface area contributed by atoms with Crippen LogP contribution in [0.25, 0.3) is 6.08 Å². The summed E-state index contributed by atoms with van der Waals surface area (Å²) in [6.45, 7) is 4.26. The summed E-state index contributed by atoms with van der Waals surface area (Å²) in [5, 5.41) is 2.82. The van der Waals surface area contributed by atoms with Gasteiger partial charge in [0.2, 0.25) is 0 Å². The van der Waals surface area contributed by atoms with E-state index in [0.29, 0.717) is 38.9 Å². The van der Waals surface area contributed by atoms with Crippen molar-refractivity contribution in [2.24, 2.45) is 0 Å². The topological polar surface area (TPSA) is 84.9 Å². The maximum atomic E-state index is 13.2. The van der Waals surface area contributed by atoms with E-state index in [1.54, 1.807) is 36.4 Å². The van der Waals surface area contributed by atoms with Crippen LogP contribution >= 0.6 is 27.5 Å². The fourth-order valence-corrected chi connectivity index (χ4v) is 4.43. The number of nitrogens with one attached hydrogen (secondary N) is 1. The van der Waals surface area contributed by atoms with Gasteiger partial charge in [0.1, 0.15) is 12.2 Å². The predicted octanol–water partition coefficient (Wildman–Crippen LogP) is 6.06. The van der Waals surface area contributed by atoms with Crippen LogP contribution in [0.5, 0.6) is 11.5 Å². The Labute approximate surface area is 221 Å². The summed E-state index contributed by atoms with van der Waals surface area (Å²) in [6.07, 6.45) is 1.41. The van der Waals surface area contributed by atoms with Gasteiger partial charge in [0, 0.05) is 10.6 Å². The standard InChI is InChI=1S/C27H22BrClN2O5/c1-3-35-23-14-17(13-21(28)24(23)36-15-18-8-4-5-10-22(18)29)12-20-25(32)30-27(34)31(26(20)33)19-9-6-7-16(2)11-19/h4-14H,3,15H2,1-2H3,(H,30,32,34)/b20-12+. The van der Waals surface area contributed by atoms with Crippen LogP contribution in [0.1, 0.15) is 23.6 Å². The van der Waals surface area contributed by atoms with E-state index in [9.17, 15) is 14.4 Å². The van der Waals surface area contributed by atoms with E-state index < -0.39 is 17.8 Å². The zero-order chi connectivity index (χ0) is 25.8. The van der Waals surface area contributed by atoms with Crippen molar-refractivity contribution in [1.82, 2.24) is 5.32 Å². The van der Waals surface area contributed by atoms with E-state index in [4.69, 9.17) is 21.1 Å². The number of amides is 4. The third-order valence-electron chi connectivity index (χ3n) is 5.33. The number of imide groups is 2. The number of nitrogens with zero attached hydrogens (tertiary/aromatic N) is 1. The van der Waals surface area contributed by atoms with Gasteiger partial charge in [-0.2, -0.15) is 0 Å². The maximum Gasteiger partial charge on any atom is 0.335 e. The van der Waals surface area contributed by atoms with Gasteiger partial charge in [-0.05, 0) is 77.3 Å². The Morgan fingerprint density at radius 1 is 1.03 bits per heavy atom. The number of hydrogen-bond donors (Lipinski definition) is 1. The number of carbonyl (C=O) groups excluding carboxylic acids is 3. The summed E-state index contributed by atoms with van der Waals surface area (Å²) in [5.41, 5.74) is 2.37. The molecule has 0 aromatic heterocycles. The molecule has 1 heterocycles. The van der Waals surface area contributed by atoms with Crippen molar-refractivity contribution in [3.63, 3.8) is 0 Å². The molecule has 36 heavy (non-hydrogen) atoms. The third kappa shape index (κ3) is 5.45. The lowest BCUT2D eigenvalue weighted by atomic mass is 10.1. The number of benzene rings is 3. The van der Waals surface area contributed by atoms with Crippen molar-refractivity contribution in [1.29, 1.82) is 0 Å². The first-order valence-corrected chi connectivity index (χ1v) is 12.3. The summed E-state index contributed by atoms with van der Waals surface area (Å²) in [4.78, 5) is 39.2. The van der Waals surface area contributed by atoms with Crippen molar-refractivity contribution in [2.75, 3.05) is 11.5 Å². The van der Waals surface area contributed by atoms with Crippen LogP contribution in [0.15, 0.2) is 70.7 Å². The van der Waals surface area contributed by atoms with Gasteiger partial charge >= 0.3 is 6.03 Å². The van der Waals surface area contributed by atoms with Gasteiger partial charge in [0.25, 0.3) is 11.8 Å². The second kappa shape index (κ2) is 11.0. The number of carbonyl (C=O) groups is 3. The van der Waals surface area contributed by atoms with Gasteiger partial charge < -0.3 is 9.47 Å². The molecule has 0 atom stereocenters. The number of hydrogen-bond acceptors (Lipinski definition) is 5. The van der Waals surface area contributed by atoms with Crippen LogP contribution in [0, 0.1) is 6.92 Å². The number of ether oxygens (including phenoxy) is 2. The number of anilines is 1. The van der Waals surface area contributed by atoms with Crippen molar-refractivity contribution in [3.05, 3.63) is 92.4 Å². The molecule has 0 bridgehead atoms. The molecular formula is C27H22BrClN2O5. The van der Waals surface area contributed by atoms with Crippen LogP contribution in [0.2, 0.25) is 5.02 Å². The Bertz CT molecular complexity index is 1390. The molecule has 3 aromatic carbocycles. The largest absolute Gasteiger partial charge is 0.490 e. The number of rotatable bonds is 7. The maximum absolute atomic E-state index is 13.2. The molecule has 1 fully saturated rings. The lowest BCUT2D eigenvalue weighted by molar-refractivity contribution is -0.122. The van der Waals surface area contributed by atoms with E-state index in [1.807, 2.05) is 38.1 Å². The van der Waals surface area contributed by atoms with E-state index in [-0.39, 0.29) is 12.2 Å². The van der Waals surface area contributed by atoms with Crippen LogP contribution in [-0.4, -0.2) is 24.5 Å². The Morgan fingerprint density at radius 3 is 2.53 bits per heavy atom. The minimum atomic E-state index is -0.799. The molecule has 7 nitrogen and oxygen atoms in total. The lowest BCUT2D eigenvalue weighted by Crippen LogP contribution is -2.54. The van der Waals surface area contributed by atoms with Crippen LogP contribution in [0.4, 0.5) is 10.5 Å². The summed E-state index contributed by atoms with van der Waals surface area (Å²) < 4.78 is 12.3. The van der Waals surface area contributed by atoms with Crippen molar-refractivity contribution < 1.29 is 23.9 Å². The Kier molecular flexibility index (Phi) is 7.76. The highest BCUT2D eigenvalue weighted by Crippen LogP contribution is 2.38. The van der Waals surface area contributed by atoms with Gasteiger partial charge in [-0.15, -0.1) is 0 Å². The molecule has 1 aliphatic rings. The Hall–Kier alpha value is -3.62. The Balaban J connectivity index is 1.67. The highest BCUT2D eigenvalue weighted by atomic mass is 79.9. The average Bonchev–Trinajstić information content (AvgIpc) is 2.82. The van der Waals surface area contributed by atoms with Gasteiger partial charge in [0.05, 0.1) is 16.8 Å². The van der Waals surface area contributed by atoms with Crippen molar-refractivity contribution >= 4 is 57.1 Å². The second-order valence-electron chi connectivity index (χ2n) is 7.94. The number of barbiturate groups is 1. The minimum Gasteiger partial charge on any atom is -0.490 e. The zero-order valence-corrected chi connectivity index (χ0v) is 21.9. The molecule has 4 amide bonds. The number of urea groups is 1. The predicted molar refractivity (Wildman–Crippen MR) is 141 cm³/mol. The van der Waals surface area contributed by atoms with Gasteiger partial charge in [-0.25, -0.2) is 9.69 Å². The first-order valence-electron chi connectivity index (χ1n) is 11.1. The fraction of sp³-hybridized carbons (Fsp3) is 0.148. The second-order valence-corrected chi connectivity index (χ2v) is 9.20. The molecule has 0 radical (unpaired) electrons. The molecule has 4 rings (SSSR count). The van der Waals surface area contributed by atoms with Gasteiger partial charge in [-0.1, -0.05) is 41.9 Å². The number of halogens is 2. The quantitative estimate of drug-likeness (QED) is 0.276. The van der Waals surface area contributed by atoms with E-state index in [2.05, 4.69) is 21.2 Å². The van der Waals surface area contributed by atoms with Crippen LogP contribution in [-0.2, 0) is 16.2 Å². The van der Waals surface area contributed by atoms with Gasteiger partial charge in [-0.3, -0.25) is 14.9 Å². The smallest absolute Gasteiger partial charge is 0.335 e. The van der Waals surface area contributed by atoms with E-state index >= 15 is 0 Å². The molecule has 1 saturated heterocycles. The molecule has 9 heteroatoms. The highest BCUT2D eigenvalue weighted by molar-refractivity contribution is 9.10. The molecule has 0 saturated carbocycles. The third-order valence-corrected chi connectivity index (χ3v) is 6.29. The van der Waals surface area contributed by atoms with Gasteiger partial charge in [0.15, 0.2) is 11.5 Å². The summed E-state index contributed by atoms with van der Waals surface area (Å²) >= 11 is 9.74. The molecule has 0 spiro atoms. The molecule has 0 unspecified atom stereocenters. The van der Waals surface area contributed by atoms with E-state index in [1.165, 1.54) is 6.08 Å². The average molecular weight is 570 g/mol. The summed E-state index contributed by atoms with van der Waals surface area (Å²) in [7, 11) is 0. The molecule has 1 N–H and O–H groups in total. The highest BCUT2D eigenvalue weighted by Gasteiger charge is 2.37. The molecule has 0 aliphatic carbocycles. The van der Waals surface area contributed by atoms with E-state index in [0.717, 1.165) is 16.0 Å². The fourth-order valence-electron chi connectivity index (χ4n) is 3.67. The summed E-state index contributed by atoms with van der Waals surface area (Å²) in [5.74, 6) is -0.625. The van der Waals surface area contributed by atoms with Crippen LogP contribution in [0.3, 0.4) is 0 Å². The minimum absolute atomic E-state index is 0.185. The first-order chi connectivity index (χ1) is 17.3. The van der Waals surface area contributed by atoms with Crippen molar-refractivity contribution in [2.45, 2.75) is 20.5 Å². The molecule has 1 aliphatic heterocycles. The first kappa shape index (κ1) is 25.5. The summed E-state index contributed by atoms with van der Waals surface area (Å²) in [6, 6.07) is 16.8.